The zero-order chi connectivity index (χ0) is 21.4. The van der Waals surface area contributed by atoms with Crippen molar-refractivity contribution in [3.63, 3.8) is 0 Å². The molecule has 0 saturated carbocycles. The van der Waals surface area contributed by atoms with E-state index in [1.165, 1.54) is 40.9 Å². The minimum Gasteiger partial charge on any atom is -0.352 e. The fraction of sp³-hybridized carbons (Fsp3) is 0.364. The van der Waals surface area contributed by atoms with E-state index in [1.54, 1.807) is 31.2 Å². The van der Waals surface area contributed by atoms with Crippen molar-refractivity contribution in [2.75, 3.05) is 5.75 Å². The Balaban J connectivity index is 2.05. The molecule has 0 fully saturated rings. The molecule has 2 aromatic rings. The third kappa shape index (κ3) is 7.49. The molecule has 7 heteroatoms. The molecule has 0 aliphatic carbocycles. The number of hydrogen-bond acceptors (Lipinski definition) is 3. The van der Waals surface area contributed by atoms with Gasteiger partial charge in [-0.15, -0.1) is 11.8 Å². The molecule has 2 rings (SSSR count). The van der Waals surface area contributed by atoms with Crippen molar-refractivity contribution in [2.24, 2.45) is 0 Å². The van der Waals surface area contributed by atoms with E-state index in [0.717, 1.165) is 11.1 Å². The molecule has 0 aliphatic rings. The van der Waals surface area contributed by atoms with E-state index in [1.807, 2.05) is 13.8 Å². The molecule has 0 radical (unpaired) electrons. The number of nitrogens with zero attached hydrogens (tertiary/aromatic N) is 1. The SMILES string of the molecule is CC(C)NC(=O)[C@@H](C)N(Cc1ccc(F)cc1)C(=O)CSCc1ccc(F)cc1. The van der Waals surface area contributed by atoms with Crippen molar-refractivity contribution >= 4 is 23.6 Å². The fourth-order valence-corrected chi connectivity index (χ4v) is 3.56. The first-order valence-electron chi connectivity index (χ1n) is 9.42. The Hall–Kier alpha value is -2.41. The summed E-state index contributed by atoms with van der Waals surface area (Å²) in [5.74, 6) is -0.342. The van der Waals surface area contributed by atoms with Crippen LogP contribution < -0.4 is 5.32 Å². The van der Waals surface area contributed by atoms with E-state index in [4.69, 9.17) is 0 Å². The van der Waals surface area contributed by atoms with Crippen LogP contribution in [-0.4, -0.2) is 34.6 Å². The number of hydrogen-bond donors (Lipinski definition) is 1. The molecular weight excluding hydrogens is 394 g/mol. The summed E-state index contributed by atoms with van der Waals surface area (Å²) in [4.78, 5) is 26.8. The number of amides is 2. The highest BCUT2D eigenvalue weighted by Crippen LogP contribution is 2.16. The van der Waals surface area contributed by atoms with Crippen LogP contribution >= 0.6 is 11.8 Å². The zero-order valence-corrected chi connectivity index (χ0v) is 17.6. The van der Waals surface area contributed by atoms with Gasteiger partial charge in [0.15, 0.2) is 0 Å². The summed E-state index contributed by atoms with van der Waals surface area (Å²) in [6.07, 6.45) is 0. The van der Waals surface area contributed by atoms with Crippen LogP contribution in [-0.2, 0) is 21.9 Å². The number of carbonyl (C=O) groups is 2. The number of nitrogens with one attached hydrogen (secondary N) is 1. The Morgan fingerprint density at radius 1 is 0.931 bits per heavy atom. The van der Waals surface area contributed by atoms with E-state index >= 15 is 0 Å². The second kappa shape index (κ2) is 11.0. The molecule has 0 spiro atoms. The normalized spacial score (nSPS) is 11.9. The van der Waals surface area contributed by atoms with Gasteiger partial charge in [0.05, 0.1) is 5.75 Å². The van der Waals surface area contributed by atoms with Crippen molar-refractivity contribution in [2.45, 2.75) is 45.2 Å². The van der Waals surface area contributed by atoms with Gasteiger partial charge in [-0.25, -0.2) is 8.78 Å². The fourth-order valence-electron chi connectivity index (χ4n) is 2.69. The Morgan fingerprint density at radius 3 is 1.97 bits per heavy atom. The average Bonchev–Trinajstić information content (AvgIpc) is 2.68. The number of carbonyl (C=O) groups excluding carboxylic acids is 2. The topological polar surface area (TPSA) is 49.4 Å². The Kier molecular flexibility index (Phi) is 8.64. The Bertz CT molecular complexity index is 811. The van der Waals surface area contributed by atoms with E-state index < -0.39 is 6.04 Å². The first-order valence-corrected chi connectivity index (χ1v) is 10.6. The van der Waals surface area contributed by atoms with Gasteiger partial charge in [-0.05, 0) is 56.2 Å². The van der Waals surface area contributed by atoms with Crippen molar-refractivity contribution in [1.29, 1.82) is 0 Å². The molecule has 2 amide bonds. The first-order chi connectivity index (χ1) is 13.8. The van der Waals surface area contributed by atoms with Gasteiger partial charge in [0.2, 0.25) is 11.8 Å². The maximum Gasteiger partial charge on any atom is 0.242 e. The van der Waals surface area contributed by atoms with Gasteiger partial charge in [0, 0.05) is 18.3 Å². The van der Waals surface area contributed by atoms with E-state index in [-0.39, 0.29) is 41.8 Å². The van der Waals surface area contributed by atoms with Crippen LogP contribution in [0.4, 0.5) is 8.78 Å². The van der Waals surface area contributed by atoms with Crippen molar-refractivity contribution in [3.05, 3.63) is 71.3 Å². The average molecular weight is 421 g/mol. The predicted octanol–water partition coefficient (Wildman–Crippen LogP) is 4.14. The summed E-state index contributed by atoms with van der Waals surface area (Å²) in [6, 6.07) is 11.3. The zero-order valence-electron chi connectivity index (χ0n) is 16.8. The Labute approximate surface area is 174 Å². The molecule has 0 heterocycles. The lowest BCUT2D eigenvalue weighted by Gasteiger charge is -2.29. The van der Waals surface area contributed by atoms with E-state index in [9.17, 15) is 18.4 Å². The summed E-state index contributed by atoms with van der Waals surface area (Å²) in [6.45, 7) is 5.61. The smallest absolute Gasteiger partial charge is 0.242 e. The van der Waals surface area contributed by atoms with Crippen molar-refractivity contribution < 1.29 is 18.4 Å². The molecule has 156 valence electrons. The molecule has 0 unspecified atom stereocenters. The quantitative estimate of drug-likeness (QED) is 0.663. The van der Waals surface area contributed by atoms with Crippen molar-refractivity contribution in [1.82, 2.24) is 10.2 Å². The molecule has 2 aromatic carbocycles. The molecule has 4 nitrogen and oxygen atoms in total. The van der Waals surface area contributed by atoms with E-state index in [2.05, 4.69) is 5.32 Å². The summed E-state index contributed by atoms with van der Waals surface area (Å²) in [5.41, 5.74) is 1.66. The standard InChI is InChI=1S/C22H26F2N2O2S/c1-15(2)25-22(28)16(3)26(12-17-4-8-19(23)9-5-17)21(27)14-29-13-18-6-10-20(24)11-7-18/h4-11,15-16H,12-14H2,1-3H3,(H,25,28)/t16-/m1/s1. The van der Waals surface area contributed by atoms with Crippen LogP contribution in [0.1, 0.15) is 31.9 Å². The third-order valence-electron chi connectivity index (χ3n) is 4.27. The number of halogens is 2. The largest absolute Gasteiger partial charge is 0.352 e. The molecule has 1 atom stereocenters. The van der Waals surface area contributed by atoms with Crippen LogP contribution in [0.3, 0.4) is 0 Å². The summed E-state index contributed by atoms with van der Waals surface area (Å²) >= 11 is 1.40. The molecule has 0 aromatic heterocycles. The molecule has 0 saturated heterocycles. The highest BCUT2D eigenvalue weighted by Gasteiger charge is 2.26. The number of benzene rings is 2. The molecule has 1 N–H and O–H groups in total. The Morgan fingerprint density at radius 2 is 1.45 bits per heavy atom. The van der Waals surface area contributed by atoms with Gasteiger partial charge in [-0.2, -0.15) is 0 Å². The summed E-state index contributed by atoms with van der Waals surface area (Å²) in [7, 11) is 0. The summed E-state index contributed by atoms with van der Waals surface area (Å²) in [5, 5.41) is 2.82. The van der Waals surface area contributed by atoms with E-state index in [0.29, 0.717) is 5.75 Å². The molecule has 29 heavy (non-hydrogen) atoms. The van der Waals surface area contributed by atoms with Gasteiger partial charge in [-0.3, -0.25) is 9.59 Å². The van der Waals surface area contributed by atoms with Gasteiger partial charge >= 0.3 is 0 Å². The minimum absolute atomic E-state index is 0.0411. The van der Waals surface area contributed by atoms with Crippen LogP contribution in [0, 0.1) is 11.6 Å². The minimum atomic E-state index is -0.665. The number of thioether (sulfide) groups is 1. The lowest BCUT2D eigenvalue weighted by molar-refractivity contribution is -0.138. The molecule has 0 aliphatic heterocycles. The molecule has 0 bridgehead atoms. The van der Waals surface area contributed by atoms with Gasteiger partial charge in [0.25, 0.3) is 0 Å². The third-order valence-corrected chi connectivity index (χ3v) is 5.26. The second-order valence-corrected chi connectivity index (χ2v) is 8.09. The predicted molar refractivity (Wildman–Crippen MR) is 112 cm³/mol. The first kappa shape index (κ1) is 22.9. The monoisotopic (exact) mass is 420 g/mol. The van der Waals surface area contributed by atoms with Crippen LogP contribution in [0.25, 0.3) is 0 Å². The summed E-state index contributed by atoms with van der Waals surface area (Å²) < 4.78 is 26.2. The second-order valence-electron chi connectivity index (χ2n) is 7.11. The van der Waals surface area contributed by atoms with Crippen LogP contribution in [0.2, 0.25) is 0 Å². The number of rotatable bonds is 9. The van der Waals surface area contributed by atoms with Gasteiger partial charge < -0.3 is 10.2 Å². The maximum absolute atomic E-state index is 13.2. The lowest BCUT2D eigenvalue weighted by atomic mass is 10.1. The lowest BCUT2D eigenvalue weighted by Crippen LogP contribution is -2.49. The maximum atomic E-state index is 13.2. The van der Waals surface area contributed by atoms with Gasteiger partial charge in [-0.1, -0.05) is 24.3 Å². The highest BCUT2D eigenvalue weighted by atomic mass is 32.2. The van der Waals surface area contributed by atoms with Crippen molar-refractivity contribution in [3.8, 4) is 0 Å². The van der Waals surface area contributed by atoms with Crippen LogP contribution in [0.5, 0.6) is 0 Å². The van der Waals surface area contributed by atoms with Crippen LogP contribution in [0.15, 0.2) is 48.5 Å². The molecular formula is C22H26F2N2O2S. The highest BCUT2D eigenvalue weighted by molar-refractivity contribution is 7.99. The van der Waals surface area contributed by atoms with Gasteiger partial charge in [0.1, 0.15) is 17.7 Å².